The normalized spacial score (nSPS) is 22.3. The van der Waals surface area contributed by atoms with Gasteiger partial charge in [0.2, 0.25) is 5.91 Å². The second kappa shape index (κ2) is 65.3. The Balaban J connectivity index is 1.57. The summed E-state index contributed by atoms with van der Waals surface area (Å²) in [6, 6.07) is -0.825. The molecule has 0 saturated carbocycles. The molecule has 2 fully saturated rings. The smallest absolute Gasteiger partial charge is 0.220 e. The zero-order valence-electron chi connectivity index (χ0n) is 61.5. The molecule has 0 bridgehead atoms. The van der Waals surface area contributed by atoms with E-state index < -0.39 is 86.8 Å². The molecule has 2 rings (SSSR count). The number of amides is 1. The van der Waals surface area contributed by atoms with Crippen LogP contribution in [0.1, 0.15) is 412 Å². The highest BCUT2D eigenvalue weighted by Crippen LogP contribution is 2.31. The Morgan fingerprint density at radius 1 is 0.340 bits per heavy atom. The lowest BCUT2D eigenvalue weighted by Crippen LogP contribution is -2.65. The van der Waals surface area contributed by atoms with E-state index in [4.69, 9.17) is 18.9 Å². The molecule has 0 aromatic heterocycles. The van der Waals surface area contributed by atoms with Crippen molar-refractivity contribution in [3.05, 3.63) is 0 Å². The van der Waals surface area contributed by atoms with E-state index in [1.54, 1.807) is 0 Å². The van der Waals surface area contributed by atoms with Crippen LogP contribution in [0, 0.1) is 0 Å². The number of rotatable bonds is 71. The fraction of sp³-hybridized carbons (Fsp3) is 0.988. The molecule has 0 aliphatic carbocycles. The molecule has 2 aliphatic heterocycles. The van der Waals surface area contributed by atoms with E-state index in [0.29, 0.717) is 12.8 Å². The quantitative estimate of drug-likeness (QED) is 0.0259. The van der Waals surface area contributed by atoms with E-state index in [2.05, 4.69) is 19.2 Å². The lowest BCUT2D eigenvalue weighted by atomic mass is 9.97. The summed E-state index contributed by atoms with van der Waals surface area (Å²) < 4.78 is 23.0. The van der Waals surface area contributed by atoms with Crippen LogP contribution in [0.5, 0.6) is 0 Å². The van der Waals surface area contributed by atoms with Crippen LogP contribution < -0.4 is 5.32 Å². The van der Waals surface area contributed by atoms with Crippen LogP contribution in [0.4, 0.5) is 0 Å². The molecule has 94 heavy (non-hydrogen) atoms. The van der Waals surface area contributed by atoms with Crippen molar-refractivity contribution in [1.29, 1.82) is 0 Å². The van der Waals surface area contributed by atoms with Gasteiger partial charge in [0.1, 0.15) is 48.8 Å². The van der Waals surface area contributed by atoms with Crippen molar-refractivity contribution >= 4 is 5.91 Å². The average molecular weight is 1340 g/mol. The molecule has 2 saturated heterocycles. The molecule has 12 atom stereocenters. The van der Waals surface area contributed by atoms with Crippen LogP contribution in [0.15, 0.2) is 0 Å². The maximum atomic E-state index is 13.4. The zero-order valence-corrected chi connectivity index (χ0v) is 61.5. The molecule has 0 radical (unpaired) electrons. The highest BCUT2D eigenvalue weighted by molar-refractivity contribution is 5.76. The fourth-order valence-electron chi connectivity index (χ4n) is 14.3. The van der Waals surface area contributed by atoms with E-state index in [1.807, 2.05) is 0 Å². The summed E-state index contributed by atoms with van der Waals surface area (Å²) in [6.45, 7) is 2.95. The van der Waals surface area contributed by atoms with Gasteiger partial charge >= 0.3 is 0 Å². The Hall–Kier alpha value is -1.01. The summed E-state index contributed by atoms with van der Waals surface area (Å²) in [4.78, 5) is 13.4. The van der Waals surface area contributed by atoms with Crippen molar-refractivity contribution < 1.29 is 64.6 Å². The number of unbranched alkanes of at least 4 members (excludes halogenated alkanes) is 58. The van der Waals surface area contributed by atoms with Gasteiger partial charge in [-0.05, 0) is 12.8 Å². The topological polar surface area (TPSA) is 228 Å². The molecular formula is C80H157NO13. The maximum Gasteiger partial charge on any atom is 0.220 e. The molecule has 1 amide bonds. The van der Waals surface area contributed by atoms with Crippen LogP contribution >= 0.6 is 0 Å². The number of ether oxygens (including phenoxy) is 4. The van der Waals surface area contributed by atoms with Crippen molar-refractivity contribution in [3.8, 4) is 0 Å². The van der Waals surface area contributed by atoms with Gasteiger partial charge in [0.25, 0.3) is 0 Å². The van der Waals surface area contributed by atoms with E-state index >= 15 is 0 Å². The second-order valence-electron chi connectivity index (χ2n) is 29.6. The third-order valence-corrected chi connectivity index (χ3v) is 20.8. The minimum Gasteiger partial charge on any atom is -0.394 e. The van der Waals surface area contributed by atoms with Crippen LogP contribution in [0.25, 0.3) is 0 Å². The standard InChI is InChI=1S/C80H157NO13/c1-3-5-7-9-11-13-15-17-19-21-23-25-27-29-30-31-32-33-34-35-36-37-38-40-42-44-46-48-50-52-54-56-58-60-62-64-72(85)81-68(67-91-79-77(90)75(88)78(71(66-83)93-79)94-80-76(89)74(87)73(86)70(65-82)92-80)69(84)63-61-59-57-55-53-51-49-47-45-43-41-39-28-26-24-22-20-18-16-14-12-10-8-6-4-2/h68-71,73-80,82-84,86-90H,3-67H2,1-2H3,(H,81,85). The van der Waals surface area contributed by atoms with Gasteiger partial charge in [-0.1, -0.05) is 393 Å². The van der Waals surface area contributed by atoms with Gasteiger partial charge in [-0.2, -0.15) is 0 Å². The summed E-state index contributed by atoms with van der Waals surface area (Å²) in [5.41, 5.74) is 0. The predicted octanol–water partition coefficient (Wildman–Crippen LogP) is 18.7. The molecule has 560 valence electrons. The third-order valence-electron chi connectivity index (χ3n) is 20.8. The van der Waals surface area contributed by atoms with Gasteiger partial charge in [0, 0.05) is 6.42 Å². The second-order valence-corrected chi connectivity index (χ2v) is 29.6. The Labute approximate surface area is 578 Å². The zero-order chi connectivity index (χ0) is 68.0. The number of hydrogen-bond donors (Lipinski definition) is 9. The first kappa shape index (κ1) is 89.1. The average Bonchev–Trinajstić information content (AvgIpc) is 0.794. The largest absolute Gasteiger partial charge is 0.394 e. The first-order valence-electron chi connectivity index (χ1n) is 41.3. The fourth-order valence-corrected chi connectivity index (χ4v) is 14.3. The number of nitrogens with one attached hydrogen (secondary N) is 1. The molecule has 2 heterocycles. The maximum absolute atomic E-state index is 13.4. The minimum atomic E-state index is -1.78. The number of aliphatic hydroxyl groups excluding tert-OH is 8. The summed E-state index contributed by atoms with van der Waals surface area (Å²) >= 11 is 0. The summed E-state index contributed by atoms with van der Waals surface area (Å²) in [6.07, 6.45) is 64.5. The highest BCUT2D eigenvalue weighted by atomic mass is 16.7. The molecule has 14 heteroatoms. The molecule has 12 unspecified atom stereocenters. The minimum absolute atomic E-state index is 0.195. The van der Waals surface area contributed by atoms with Gasteiger partial charge < -0.3 is 65.1 Å². The van der Waals surface area contributed by atoms with E-state index in [9.17, 15) is 45.6 Å². The lowest BCUT2D eigenvalue weighted by Gasteiger charge is -2.46. The number of carbonyl (C=O) groups is 1. The van der Waals surface area contributed by atoms with Gasteiger partial charge in [-0.3, -0.25) is 4.79 Å². The number of hydrogen-bond acceptors (Lipinski definition) is 13. The monoisotopic (exact) mass is 1340 g/mol. The number of carbonyl (C=O) groups excluding carboxylic acids is 1. The summed E-state index contributed by atoms with van der Waals surface area (Å²) in [5, 5.41) is 87.9. The van der Waals surface area contributed by atoms with E-state index in [1.165, 1.54) is 334 Å². The third kappa shape index (κ3) is 47.9. The van der Waals surface area contributed by atoms with Crippen molar-refractivity contribution in [2.45, 2.75) is 485 Å². The molecule has 0 aromatic rings. The predicted molar refractivity (Wildman–Crippen MR) is 388 cm³/mol. The van der Waals surface area contributed by atoms with Crippen LogP contribution in [0.2, 0.25) is 0 Å². The molecular weight excluding hydrogens is 1180 g/mol. The Kier molecular flexibility index (Phi) is 61.9. The van der Waals surface area contributed by atoms with Crippen LogP contribution in [0.3, 0.4) is 0 Å². The van der Waals surface area contributed by atoms with E-state index in [0.717, 1.165) is 51.4 Å². The molecule has 0 spiro atoms. The Morgan fingerprint density at radius 3 is 0.904 bits per heavy atom. The van der Waals surface area contributed by atoms with Gasteiger partial charge in [-0.25, -0.2) is 0 Å². The van der Waals surface area contributed by atoms with Gasteiger partial charge in [0.15, 0.2) is 12.6 Å². The van der Waals surface area contributed by atoms with Crippen molar-refractivity contribution in [3.63, 3.8) is 0 Å². The van der Waals surface area contributed by atoms with Gasteiger partial charge in [0.05, 0.1) is 32.0 Å². The lowest BCUT2D eigenvalue weighted by molar-refractivity contribution is -0.359. The summed E-state index contributed by atoms with van der Waals surface area (Å²) in [7, 11) is 0. The number of aliphatic hydroxyl groups is 8. The first-order valence-corrected chi connectivity index (χ1v) is 41.3. The molecule has 9 N–H and O–H groups in total. The van der Waals surface area contributed by atoms with Crippen LogP contribution in [-0.2, 0) is 23.7 Å². The van der Waals surface area contributed by atoms with Crippen LogP contribution in [-0.4, -0.2) is 140 Å². The van der Waals surface area contributed by atoms with Gasteiger partial charge in [-0.15, -0.1) is 0 Å². The molecule has 0 aromatic carbocycles. The van der Waals surface area contributed by atoms with Crippen molar-refractivity contribution in [2.75, 3.05) is 19.8 Å². The van der Waals surface area contributed by atoms with Crippen molar-refractivity contribution in [1.82, 2.24) is 5.32 Å². The Bertz CT molecular complexity index is 1580. The van der Waals surface area contributed by atoms with Crippen molar-refractivity contribution in [2.24, 2.45) is 0 Å². The SMILES string of the molecule is CCCCCCCCCCCCCCCCCCCCCCCCCCCCCCCCCCCCCC(=O)NC(COC1OC(CO)C(OC2OC(CO)C(O)C(O)C2O)C(O)C1O)C(O)CCCCCCCCCCCCCCCCCCCCCCCCCCC. The Morgan fingerprint density at radius 2 is 0.606 bits per heavy atom. The van der Waals surface area contributed by atoms with E-state index in [-0.39, 0.29) is 12.5 Å². The highest BCUT2D eigenvalue weighted by Gasteiger charge is 2.51. The summed E-state index contributed by atoms with van der Waals surface area (Å²) in [5.74, 6) is -0.195. The first-order chi connectivity index (χ1) is 46.1. The molecule has 2 aliphatic rings. The molecule has 14 nitrogen and oxygen atoms in total.